The van der Waals surface area contributed by atoms with E-state index in [1.807, 2.05) is 30.3 Å². The summed E-state index contributed by atoms with van der Waals surface area (Å²) in [6.45, 7) is 1.24. The smallest absolute Gasteiger partial charge is 0.389 e. The zero-order valence-electron chi connectivity index (χ0n) is 18.2. The Morgan fingerprint density at radius 1 is 0.941 bits per heavy atom. The number of halogens is 3. The number of likely N-dealkylation sites (tertiary alicyclic amines) is 2. The Balaban J connectivity index is 1.41. The lowest BCUT2D eigenvalue weighted by molar-refractivity contribution is -0.137. The van der Waals surface area contributed by atoms with Gasteiger partial charge in [0.1, 0.15) is 0 Å². The largest absolute Gasteiger partial charge is 0.416 e. The second-order valence-corrected chi connectivity index (χ2v) is 8.82. The monoisotopic (exact) mass is 472 g/mol. The summed E-state index contributed by atoms with van der Waals surface area (Å²) in [5, 5.41) is 13.7. The normalized spacial score (nSPS) is 21.4. The van der Waals surface area contributed by atoms with Crippen molar-refractivity contribution in [1.29, 1.82) is 0 Å². The van der Waals surface area contributed by atoms with E-state index in [4.69, 9.17) is 4.52 Å². The average Bonchev–Trinajstić information content (AvgIpc) is 3.32. The maximum atomic E-state index is 13.0. The quantitative estimate of drug-likeness (QED) is 0.620. The molecule has 34 heavy (non-hydrogen) atoms. The molecule has 2 aliphatic rings. The summed E-state index contributed by atoms with van der Waals surface area (Å²) in [5.74, 6) is 0.345. The van der Waals surface area contributed by atoms with Crippen molar-refractivity contribution in [2.75, 3.05) is 26.2 Å². The molecule has 3 aromatic rings. The van der Waals surface area contributed by atoms with Crippen LogP contribution >= 0.6 is 0 Å². The molecule has 2 atom stereocenters. The molecular formula is C24H23F3N4O3. The van der Waals surface area contributed by atoms with Crippen molar-refractivity contribution in [2.24, 2.45) is 0 Å². The molecule has 1 aromatic heterocycles. The summed E-state index contributed by atoms with van der Waals surface area (Å²) in [6.07, 6.45) is -4.39. The molecule has 2 aromatic carbocycles. The van der Waals surface area contributed by atoms with Crippen molar-refractivity contribution in [3.63, 3.8) is 0 Å². The van der Waals surface area contributed by atoms with Crippen LogP contribution in [0.2, 0.25) is 0 Å². The molecule has 2 unspecified atom stereocenters. The molecule has 3 heterocycles. The molecule has 7 nitrogen and oxygen atoms in total. The van der Waals surface area contributed by atoms with Crippen LogP contribution in [0.5, 0.6) is 0 Å². The Morgan fingerprint density at radius 3 is 2.24 bits per heavy atom. The summed E-state index contributed by atoms with van der Waals surface area (Å²) >= 11 is 0. The van der Waals surface area contributed by atoms with Crippen LogP contribution in [0.4, 0.5) is 18.0 Å². The number of benzene rings is 2. The first-order chi connectivity index (χ1) is 16.3. The minimum Gasteiger partial charge on any atom is -0.389 e. The number of hydrogen-bond acceptors (Lipinski definition) is 5. The van der Waals surface area contributed by atoms with Crippen LogP contribution < -0.4 is 0 Å². The van der Waals surface area contributed by atoms with E-state index in [2.05, 4.69) is 10.1 Å². The molecular weight excluding hydrogens is 449 g/mol. The number of urea groups is 1. The molecule has 2 amide bonds. The van der Waals surface area contributed by atoms with Crippen molar-refractivity contribution in [3.8, 4) is 11.4 Å². The summed E-state index contributed by atoms with van der Waals surface area (Å²) in [5.41, 5.74) is 0.799. The van der Waals surface area contributed by atoms with Gasteiger partial charge in [0, 0.05) is 24.6 Å². The number of alkyl halides is 3. The molecule has 178 valence electrons. The summed E-state index contributed by atoms with van der Waals surface area (Å²) in [7, 11) is 0. The number of carbonyl (C=O) groups excluding carboxylic acids is 1. The Hall–Kier alpha value is -3.40. The first kappa shape index (κ1) is 22.4. The van der Waals surface area contributed by atoms with E-state index in [1.54, 1.807) is 9.80 Å². The standard InChI is InChI=1S/C24H23F3N4O3/c25-24(26,27)19-8-6-15(7-9-19)17-10-18(12-30(11-17)23(33)31-13-20(32)14-31)22-28-21(29-34-22)16-4-2-1-3-5-16/h1-9,17-18,20,32H,10-14H2. The van der Waals surface area contributed by atoms with Gasteiger partial charge >= 0.3 is 12.2 Å². The van der Waals surface area contributed by atoms with Gasteiger partial charge in [-0.1, -0.05) is 47.6 Å². The minimum atomic E-state index is -4.41. The number of aromatic nitrogens is 2. The molecule has 2 aliphatic heterocycles. The van der Waals surface area contributed by atoms with Crippen LogP contribution in [0.1, 0.15) is 35.3 Å². The van der Waals surface area contributed by atoms with Crippen LogP contribution in [-0.2, 0) is 6.18 Å². The fourth-order valence-electron chi connectivity index (χ4n) is 4.54. The number of carbonyl (C=O) groups is 1. The van der Waals surface area contributed by atoms with Crippen molar-refractivity contribution in [2.45, 2.75) is 30.5 Å². The van der Waals surface area contributed by atoms with E-state index >= 15 is 0 Å². The number of rotatable bonds is 3. The minimum absolute atomic E-state index is 0.205. The first-order valence-corrected chi connectivity index (χ1v) is 11.1. The number of aliphatic hydroxyl groups is 1. The zero-order chi connectivity index (χ0) is 23.9. The Morgan fingerprint density at radius 2 is 1.59 bits per heavy atom. The predicted octanol–water partition coefficient (Wildman–Crippen LogP) is 4.13. The van der Waals surface area contributed by atoms with Crippen molar-refractivity contribution >= 4 is 6.03 Å². The van der Waals surface area contributed by atoms with Crippen molar-refractivity contribution in [3.05, 3.63) is 71.6 Å². The number of β-amino-alcohol motifs (C(OH)–C–C–N with tert-alkyl or cyclic N) is 1. The third-order valence-corrected chi connectivity index (χ3v) is 6.39. The van der Waals surface area contributed by atoms with Gasteiger partial charge in [-0.2, -0.15) is 18.2 Å². The third-order valence-electron chi connectivity index (χ3n) is 6.39. The average molecular weight is 472 g/mol. The van der Waals surface area contributed by atoms with Gasteiger partial charge in [-0.3, -0.25) is 0 Å². The van der Waals surface area contributed by atoms with Crippen LogP contribution in [0.15, 0.2) is 59.1 Å². The van der Waals surface area contributed by atoms with Gasteiger partial charge in [-0.05, 0) is 24.1 Å². The predicted molar refractivity (Wildman–Crippen MR) is 116 cm³/mol. The zero-order valence-corrected chi connectivity index (χ0v) is 18.2. The van der Waals surface area contributed by atoms with Crippen LogP contribution in [0.3, 0.4) is 0 Å². The second-order valence-electron chi connectivity index (χ2n) is 8.82. The lowest BCUT2D eigenvalue weighted by Crippen LogP contribution is -2.59. The molecule has 0 spiro atoms. The SMILES string of the molecule is O=C(N1CC(O)C1)N1CC(c2ccc(C(F)(F)F)cc2)CC(c2nc(-c3ccccc3)no2)C1. The number of hydrogen-bond donors (Lipinski definition) is 1. The van der Waals surface area contributed by atoms with Gasteiger partial charge in [0.2, 0.25) is 11.7 Å². The molecule has 2 saturated heterocycles. The van der Waals surface area contributed by atoms with E-state index in [1.165, 1.54) is 12.1 Å². The molecule has 5 rings (SSSR count). The fourth-order valence-corrected chi connectivity index (χ4v) is 4.54. The maximum absolute atomic E-state index is 13.0. The van der Waals surface area contributed by atoms with Gasteiger partial charge in [-0.15, -0.1) is 0 Å². The molecule has 2 fully saturated rings. The van der Waals surface area contributed by atoms with Gasteiger partial charge in [0.25, 0.3) is 0 Å². The molecule has 0 radical (unpaired) electrons. The third kappa shape index (κ3) is 4.50. The van der Waals surface area contributed by atoms with Gasteiger partial charge in [0.05, 0.1) is 30.7 Å². The van der Waals surface area contributed by atoms with E-state index in [0.717, 1.165) is 17.7 Å². The highest BCUT2D eigenvalue weighted by molar-refractivity contribution is 5.75. The molecule has 1 N–H and O–H groups in total. The van der Waals surface area contributed by atoms with Crippen LogP contribution in [0, 0.1) is 0 Å². The molecule has 0 saturated carbocycles. The topological polar surface area (TPSA) is 82.7 Å². The summed E-state index contributed by atoms with van der Waals surface area (Å²) in [4.78, 5) is 20.8. The number of amides is 2. The van der Waals surface area contributed by atoms with E-state index < -0.39 is 17.8 Å². The second kappa shape index (κ2) is 8.75. The molecule has 10 heteroatoms. The van der Waals surface area contributed by atoms with Crippen LogP contribution in [0.25, 0.3) is 11.4 Å². The van der Waals surface area contributed by atoms with Crippen LogP contribution in [-0.4, -0.2) is 63.4 Å². The summed E-state index contributed by atoms with van der Waals surface area (Å²) in [6, 6.07) is 14.2. The lowest BCUT2D eigenvalue weighted by atomic mass is 9.84. The van der Waals surface area contributed by atoms with Crippen molar-refractivity contribution in [1.82, 2.24) is 19.9 Å². The lowest BCUT2D eigenvalue weighted by Gasteiger charge is -2.43. The Labute approximate surface area is 193 Å². The molecule has 0 aliphatic carbocycles. The highest BCUT2D eigenvalue weighted by atomic mass is 19.4. The highest BCUT2D eigenvalue weighted by Gasteiger charge is 2.39. The number of piperidine rings is 1. The maximum Gasteiger partial charge on any atom is 0.416 e. The van der Waals surface area contributed by atoms with E-state index in [0.29, 0.717) is 36.8 Å². The fraction of sp³-hybridized carbons (Fsp3) is 0.375. The molecule has 0 bridgehead atoms. The number of nitrogens with zero attached hydrogens (tertiary/aromatic N) is 4. The van der Waals surface area contributed by atoms with Gasteiger partial charge in [0.15, 0.2) is 0 Å². The first-order valence-electron chi connectivity index (χ1n) is 11.1. The highest BCUT2D eigenvalue weighted by Crippen LogP contribution is 2.38. The van der Waals surface area contributed by atoms with E-state index in [9.17, 15) is 23.1 Å². The summed E-state index contributed by atoms with van der Waals surface area (Å²) < 4.78 is 44.6. The Kier molecular flexibility index (Phi) is 5.76. The number of aliphatic hydroxyl groups excluding tert-OH is 1. The van der Waals surface area contributed by atoms with Gasteiger partial charge in [-0.25, -0.2) is 4.79 Å². The Bertz CT molecular complexity index is 1140. The van der Waals surface area contributed by atoms with Crippen molar-refractivity contribution < 1.29 is 27.6 Å². The van der Waals surface area contributed by atoms with E-state index in [-0.39, 0.29) is 31.0 Å². The van der Waals surface area contributed by atoms with Gasteiger partial charge < -0.3 is 19.4 Å².